The normalized spacial score (nSPS) is 9.75. The van der Waals surface area contributed by atoms with Crippen LogP contribution in [-0.4, -0.2) is 4.98 Å². The summed E-state index contributed by atoms with van der Waals surface area (Å²) in [5.74, 6) is 0.674. The van der Waals surface area contributed by atoms with Gasteiger partial charge in [0.1, 0.15) is 5.82 Å². The lowest BCUT2D eigenvalue weighted by Gasteiger charge is -1.78. The van der Waals surface area contributed by atoms with Crippen molar-refractivity contribution in [2.75, 3.05) is 5.73 Å². The molecule has 0 aromatic carbocycles. The topological polar surface area (TPSA) is 38.9 Å². The van der Waals surface area contributed by atoms with Crippen LogP contribution in [0.3, 0.4) is 0 Å². The molecule has 0 saturated heterocycles. The number of thiazole rings is 1. The van der Waals surface area contributed by atoms with E-state index in [1.807, 2.05) is 13.8 Å². The first-order valence-corrected chi connectivity index (χ1v) is 3.21. The van der Waals surface area contributed by atoms with E-state index in [0.717, 1.165) is 9.88 Å². The highest BCUT2D eigenvalue weighted by molar-refractivity contribution is 7.11. The first kappa shape index (κ1) is 5.56. The molecule has 0 aliphatic heterocycles. The lowest BCUT2D eigenvalue weighted by Crippen LogP contribution is -1.85. The fourth-order valence-corrected chi connectivity index (χ4v) is 1.28. The van der Waals surface area contributed by atoms with Gasteiger partial charge in [-0.15, -0.1) is 11.3 Å². The number of aromatic nitrogens is 1. The second kappa shape index (κ2) is 1.74. The van der Waals surface area contributed by atoms with Crippen molar-refractivity contribution in [1.29, 1.82) is 0 Å². The zero-order valence-corrected chi connectivity index (χ0v) is 5.75. The summed E-state index contributed by atoms with van der Waals surface area (Å²) in [7, 11) is 0. The molecule has 0 unspecified atom stereocenters. The van der Waals surface area contributed by atoms with Crippen molar-refractivity contribution in [3.63, 3.8) is 0 Å². The summed E-state index contributed by atoms with van der Waals surface area (Å²) in [6, 6.07) is 0. The fraction of sp³-hybridized carbons (Fsp3) is 0.400. The standard InChI is InChI=1S/C5H8N2S/c1-3-5(6)7-4(2)8-3/h6H2,1-2H3. The molecule has 1 aromatic rings. The number of hydrogen-bond donors (Lipinski definition) is 1. The van der Waals surface area contributed by atoms with E-state index in [1.165, 1.54) is 0 Å². The third-order valence-corrected chi connectivity index (χ3v) is 1.84. The van der Waals surface area contributed by atoms with Gasteiger partial charge in [0.2, 0.25) is 0 Å². The van der Waals surface area contributed by atoms with Gasteiger partial charge in [0.15, 0.2) is 0 Å². The van der Waals surface area contributed by atoms with Crippen molar-refractivity contribution in [3.8, 4) is 0 Å². The summed E-state index contributed by atoms with van der Waals surface area (Å²) in [6.45, 7) is 3.92. The zero-order chi connectivity index (χ0) is 6.15. The van der Waals surface area contributed by atoms with Crippen LogP contribution in [0, 0.1) is 13.8 Å². The smallest absolute Gasteiger partial charge is 0.137 e. The molecule has 2 N–H and O–H groups in total. The molecule has 0 fully saturated rings. The molecule has 0 aliphatic carbocycles. The minimum absolute atomic E-state index is 0.674. The van der Waals surface area contributed by atoms with E-state index in [2.05, 4.69) is 4.98 Å². The highest BCUT2D eigenvalue weighted by Gasteiger charge is 1.96. The summed E-state index contributed by atoms with van der Waals surface area (Å²) >= 11 is 1.63. The zero-order valence-electron chi connectivity index (χ0n) is 4.93. The maximum absolute atomic E-state index is 5.44. The Morgan fingerprint density at radius 3 is 2.25 bits per heavy atom. The predicted octanol–water partition coefficient (Wildman–Crippen LogP) is 1.34. The summed E-state index contributed by atoms with van der Waals surface area (Å²) in [5.41, 5.74) is 5.44. The van der Waals surface area contributed by atoms with Gasteiger partial charge in [0.05, 0.1) is 5.01 Å². The number of nitrogens with two attached hydrogens (primary N) is 1. The lowest BCUT2D eigenvalue weighted by atomic mass is 10.6. The Kier molecular flexibility index (Phi) is 1.21. The molecule has 1 aromatic heterocycles. The average Bonchev–Trinajstić information content (AvgIpc) is 1.85. The lowest BCUT2D eigenvalue weighted by molar-refractivity contribution is 1.29. The van der Waals surface area contributed by atoms with Crippen LogP contribution in [0.4, 0.5) is 5.82 Å². The fourth-order valence-electron chi connectivity index (χ4n) is 0.545. The Morgan fingerprint density at radius 2 is 2.12 bits per heavy atom. The monoisotopic (exact) mass is 128 g/mol. The van der Waals surface area contributed by atoms with E-state index in [1.54, 1.807) is 11.3 Å². The largest absolute Gasteiger partial charge is 0.383 e. The van der Waals surface area contributed by atoms with Crippen molar-refractivity contribution in [2.45, 2.75) is 13.8 Å². The number of nitrogen functional groups attached to an aromatic ring is 1. The summed E-state index contributed by atoms with van der Waals surface area (Å²) < 4.78 is 0. The quantitative estimate of drug-likeness (QED) is 0.572. The first-order valence-electron chi connectivity index (χ1n) is 2.39. The molecule has 1 rings (SSSR count). The molecule has 0 bridgehead atoms. The van der Waals surface area contributed by atoms with Gasteiger partial charge in [-0.25, -0.2) is 4.98 Å². The van der Waals surface area contributed by atoms with Gasteiger partial charge in [-0.05, 0) is 13.8 Å². The van der Waals surface area contributed by atoms with Crippen LogP contribution in [0.1, 0.15) is 9.88 Å². The average molecular weight is 128 g/mol. The van der Waals surface area contributed by atoms with Gasteiger partial charge in [-0.2, -0.15) is 0 Å². The molecule has 1 heterocycles. The third kappa shape index (κ3) is 0.816. The van der Waals surface area contributed by atoms with Crippen LogP contribution in [0.5, 0.6) is 0 Å². The van der Waals surface area contributed by atoms with Crippen LogP contribution >= 0.6 is 11.3 Å². The highest BCUT2D eigenvalue weighted by atomic mass is 32.1. The van der Waals surface area contributed by atoms with E-state index < -0.39 is 0 Å². The van der Waals surface area contributed by atoms with Gasteiger partial charge >= 0.3 is 0 Å². The maximum Gasteiger partial charge on any atom is 0.137 e. The SMILES string of the molecule is Cc1nc(N)c(C)s1. The van der Waals surface area contributed by atoms with Crippen molar-refractivity contribution < 1.29 is 0 Å². The Bertz CT molecular complexity index is 173. The minimum atomic E-state index is 0.674. The Labute approximate surface area is 52.4 Å². The van der Waals surface area contributed by atoms with Crippen LogP contribution < -0.4 is 5.73 Å². The highest BCUT2D eigenvalue weighted by Crippen LogP contribution is 2.16. The second-order valence-corrected chi connectivity index (χ2v) is 3.08. The first-order chi connectivity index (χ1) is 3.70. The van der Waals surface area contributed by atoms with Gasteiger partial charge in [0, 0.05) is 4.88 Å². The third-order valence-electron chi connectivity index (χ3n) is 0.939. The van der Waals surface area contributed by atoms with E-state index in [4.69, 9.17) is 5.73 Å². The van der Waals surface area contributed by atoms with E-state index in [-0.39, 0.29) is 0 Å². The number of rotatable bonds is 0. The number of hydrogen-bond acceptors (Lipinski definition) is 3. The van der Waals surface area contributed by atoms with Crippen molar-refractivity contribution in [3.05, 3.63) is 9.88 Å². The van der Waals surface area contributed by atoms with E-state index in [0.29, 0.717) is 5.82 Å². The van der Waals surface area contributed by atoms with E-state index >= 15 is 0 Å². The molecule has 8 heavy (non-hydrogen) atoms. The van der Waals surface area contributed by atoms with Gasteiger partial charge in [-0.1, -0.05) is 0 Å². The molecular formula is C5H8N2S. The van der Waals surface area contributed by atoms with Crippen LogP contribution in [0.25, 0.3) is 0 Å². The molecule has 2 nitrogen and oxygen atoms in total. The Hall–Kier alpha value is -0.570. The molecule has 0 saturated carbocycles. The van der Waals surface area contributed by atoms with Crippen molar-refractivity contribution in [1.82, 2.24) is 4.98 Å². The van der Waals surface area contributed by atoms with Gasteiger partial charge < -0.3 is 5.73 Å². The summed E-state index contributed by atoms with van der Waals surface area (Å²) in [4.78, 5) is 5.12. The predicted molar refractivity (Wildman–Crippen MR) is 36.0 cm³/mol. The van der Waals surface area contributed by atoms with E-state index in [9.17, 15) is 0 Å². The van der Waals surface area contributed by atoms with Gasteiger partial charge in [-0.3, -0.25) is 0 Å². The molecular weight excluding hydrogens is 120 g/mol. The maximum atomic E-state index is 5.44. The molecule has 0 aliphatic rings. The second-order valence-electron chi connectivity index (χ2n) is 1.67. The van der Waals surface area contributed by atoms with Crippen LogP contribution in [0.15, 0.2) is 0 Å². The molecule has 0 amide bonds. The Morgan fingerprint density at radius 1 is 1.50 bits per heavy atom. The van der Waals surface area contributed by atoms with Gasteiger partial charge in [0.25, 0.3) is 0 Å². The molecule has 0 radical (unpaired) electrons. The number of anilines is 1. The summed E-state index contributed by atoms with van der Waals surface area (Å²) in [5, 5.41) is 1.04. The number of nitrogens with zero attached hydrogens (tertiary/aromatic N) is 1. The number of aryl methyl sites for hydroxylation is 2. The Balaban J connectivity index is 3.14. The van der Waals surface area contributed by atoms with Crippen LogP contribution in [0.2, 0.25) is 0 Å². The molecule has 0 spiro atoms. The van der Waals surface area contributed by atoms with Crippen LogP contribution in [-0.2, 0) is 0 Å². The molecule has 3 heteroatoms. The summed E-state index contributed by atoms with van der Waals surface area (Å²) in [6.07, 6.45) is 0. The van der Waals surface area contributed by atoms with Crippen molar-refractivity contribution >= 4 is 17.2 Å². The molecule has 44 valence electrons. The van der Waals surface area contributed by atoms with Crippen molar-refractivity contribution in [2.24, 2.45) is 0 Å². The molecule has 0 atom stereocenters. The minimum Gasteiger partial charge on any atom is -0.383 e.